The van der Waals surface area contributed by atoms with Crippen LogP contribution in [0.15, 0.2) is 22.7 Å². The van der Waals surface area contributed by atoms with Crippen molar-refractivity contribution in [3.63, 3.8) is 0 Å². The molecule has 4 rings (SSSR count). The van der Waals surface area contributed by atoms with Crippen molar-refractivity contribution >= 4 is 16.8 Å². The molecule has 2 heterocycles. The molecule has 0 unspecified atom stereocenters. The summed E-state index contributed by atoms with van der Waals surface area (Å²) in [6.07, 6.45) is 3.78. The molecule has 0 saturated carbocycles. The Labute approximate surface area is 151 Å². The van der Waals surface area contributed by atoms with Crippen LogP contribution in [0.5, 0.6) is 0 Å². The predicted octanol–water partition coefficient (Wildman–Crippen LogP) is 4.04. The van der Waals surface area contributed by atoms with Gasteiger partial charge in [0.15, 0.2) is 0 Å². The summed E-state index contributed by atoms with van der Waals surface area (Å²) < 4.78 is 18.7. The number of fused-ring (bicyclic) bond motifs is 3. The van der Waals surface area contributed by atoms with E-state index in [0.29, 0.717) is 12.8 Å². The fourth-order valence-corrected chi connectivity index (χ4v) is 3.94. The van der Waals surface area contributed by atoms with Gasteiger partial charge in [-0.05, 0) is 63.3 Å². The lowest BCUT2D eigenvalue weighted by atomic mass is 9.91. The van der Waals surface area contributed by atoms with Crippen LogP contribution in [0.4, 0.5) is 4.39 Å². The first-order chi connectivity index (χ1) is 12.5. The van der Waals surface area contributed by atoms with Gasteiger partial charge < -0.3 is 14.8 Å². The number of hydrogen-bond donors (Lipinski definition) is 2. The smallest absolute Gasteiger partial charge is 0.220 e. The van der Waals surface area contributed by atoms with Crippen molar-refractivity contribution in [1.29, 1.82) is 0 Å². The Balaban J connectivity index is 1.49. The minimum absolute atomic E-state index is 0.00712. The summed E-state index contributed by atoms with van der Waals surface area (Å²) in [7, 11) is 0. The fourth-order valence-electron chi connectivity index (χ4n) is 3.94. The number of aromatic amines is 1. The summed E-state index contributed by atoms with van der Waals surface area (Å²) in [6, 6.07) is 4.75. The van der Waals surface area contributed by atoms with Crippen LogP contribution in [0.1, 0.15) is 53.6 Å². The van der Waals surface area contributed by atoms with Crippen molar-refractivity contribution < 1.29 is 13.7 Å². The molecule has 2 aromatic heterocycles. The maximum atomic E-state index is 13.6. The highest BCUT2D eigenvalue weighted by Crippen LogP contribution is 2.35. The number of carbonyl (C=O) groups is 1. The number of carbonyl (C=O) groups excluding carboxylic acids is 1. The predicted molar refractivity (Wildman–Crippen MR) is 96.4 cm³/mol. The van der Waals surface area contributed by atoms with E-state index in [-0.39, 0.29) is 17.8 Å². The maximum absolute atomic E-state index is 13.6. The van der Waals surface area contributed by atoms with Crippen molar-refractivity contribution in [1.82, 2.24) is 15.5 Å². The van der Waals surface area contributed by atoms with Gasteiger partial charge in [0.1, 0.15) is 11.6 Å². The van der Waals surface area contributed by atoms with Crippen LogP contribution in [-0.2, 0) is 17.6 Å². The van der Waals surface area contributed by atoms with Crippen molar-refractivity contribution in [3.05, 3.63) is 52.3 Å². The van der Waals surface area contributed by atoms with E-state index < -0.39 is 0 Å². The lowest BCUT2D eigenvalue weighted by molar-refractivity contribution is -0.121. The van der Waals surface area contributed by atoms with Crippen molar-refractivity contribution in [2.75, 3.05) is 0 Å². The quantitative estimate of drug-likeness (QED) is 0.742. The molecular formula is C20H22FN3O2. The molecule has 0 saturated heterocycles. The monoisotopic (exact) mass is 355 g/mol. The van der Waals surface area contributed by atoms with Crippen LogP contribution in [0.25, 0.3) is 10.9 Å². The van der Waals surface area contributed by atoms with E-state index in [2.05, 4.69) is 15.5 Å². The van der Waals surface area contributed by atoms with E-state index in [0.717, 1.165) is 58.4 Å². The highest BCUT2D eigenvalue weighted by molar-refractivity contribution is 5.85. The van der Waals surface area contributed by atoms with Gasteiger partial charge in [-0.25, -0.2) is 4.39 Å². The molecule has 0 aliphatic heterocycles. The molecule has 5 nitrogen and oxygen atoms in total. The van der Waals surface area contributed by atoms with E-state index in [1.54, 1.807) is 12.1 Å². The molecule has 1 aliphatic rings. The van der Waals surface area contributed by atoms with Crippen molar-refractivity contribution in [2.24, 2.45) is 0 Å². The van der Waals surface area contributed by atoms with Crippen LogP contribution < -0.4 is 5.32 Å². The Hall–Kier alpha value is -2.63. The number of nitrogens with one attached hydrogen (secondary N) is 2. The number of aromatic nitrogens is 2. The van der Waals surface area contributed by atoms with Crippen molar-refractivity contribution in [3.8, 4) is 0 Å². The molecule has 2 N–H and O–H groups in total. The van der Waals surface area contributed by atoms with E-state index in [4.69, 9.17) is 4.52 Å². The normalized spacial score (nSPS) is 16.7. The molecule has 0 radical (unpaired) electrons. The summed E-state index contributed by atoms with van der Waals surface area (Å²) in [4.78, 5) is 15.9. The van der Waals surface area contributed by atoms with E-state index in [1.165, 1.54) is 6.07 Å². The number of halogens is 1. The lowest BCUT2D eigenvalue weighted by Crippen LogP contribution is -2.31. The fraction of sp³-hybridized carbons (Fsp3) is 0.400. The maximum Gasteiger partial charge on any atom is 0.220 e. The number of rotatable bonds is 4. The van der Waals surface area contributed by atoms with Crippen LogP contribution in [0.3, 0.4) is 0 Å². The molecule has 0 bridgehead atoms. The van der Waals surface area contributed by atoms with Gasteiger partial charge in [-0.3, -0.25) is 4.79 Å². The van der Waals surface area contributed by atoms with Gasteiger partial charge in [0.05, 0.1) is 11.7 Å². The third-order valence-corrected chi connectivity index (χ3v) is 5.29. The Morgan fingerprint density at radius 3 is 3.04 bits per heavy atom. The zero-order valence-corrected chi connectivity index (χ0v) is 15.0. The molecule has 0 fully saturated rings. The number of hydrogen-bond acceptors (Lipinski definition) is 3. The first kappa shape index (κ1) is 16.8. The van der Waals surface area contributed by atoms with E-state index in [9.17, 15) is 9.18 Å². The highest BCUT2D eigenvalue weighted by Gasteiger charge is 2.25. The lowest BCUT2D eigenvalue weighted by Gasteiger charge is -2.24. The van der Waals surface area contributed by atoms with E-state index in [1.807, 2.05) is 13.8 Å². The van der Waals surface area contributed by atoms with Gasteiger partial charge >= 0.3 is 0 Å². The second-order valence-corrected chi connectivity index (χ2v) is 7.02. The van der Waals surface area contributed by atoms with Gasteiger partial charge in [0.2, 0.25) is 5.91 Å². The average Bonchev–Trinajstić information content (AvgIpc) is 3.14. The third kappa shape index (κ3) is 3.00. The van der Waals surface area contributed by atoms with Crippen LogP contribution in [0.2, 0.25) is 0 Å². The van der Waals surface area contributed by atoms with Crippen LogP contribution >= 0.6 is 0 Å². The molecular weight excluding hydrogens is 333 g/mol. The van der Waals surface area contributed by atoms with E-state index >= 15 is 0 Å². The first-order valence-corrected chi connectivity index (χ1v) is 9.04. The summed E-state index contributed by atoms with van der Waals surface area (Å²) in [5.74, 6) is 0.547. The number of aryl methyl sites for hydroxylation is 3. The Morgan fingerprint density at radius 2 is 2.27 bits per heavy atom. The second kappa shape index (κ2) is 6.59. The van der Waals surface area contributed by atoms with Gasteiger partial charge in [-0.1, -0.05) is 5.16 Å². The summed E-state index contributed by atoms with van der Waals surface area (Å²) in [5.41, 5.74) is 4.91. The van der Waals surface area contributed by atoms with Crippen LogP contribution in [-0.4, -0.2) is 16.0 Å². The Bertz CT molecular complexity index is 954. The number of H-pyrrole nitrogens is 1. The molecule has 1 aromatic carbocycles. The standard InChI is InChI=1S/C20H22FN3O2/c1-11-14(12(2)26-24-11)7-9-19(25)22-18-5-3-4-15-16-10-13(21)6-8-17(16)23-20(15)18/h6,8,10,18,23H,3-5,7,9H2,1-2H3,(H,22,25)/t18-/m1/s1. The zero-order valence-electron chi connectivity index (χ0n) is 15.0. The highest BCUT2D eigenvalue weighted by atomic mass is 19.1. The van der Waals surface area contributed by atoms with Gasteiger partial charge in [-0.2, -0.15) is 0 Å². The minimum atomic E-state index is -0.232. The molecule has 3 aromatic rings. The summed E-state index contributed by atoms with van der Waals surface area (Å²) in [6.45, 7) is 3.75. The first-order valence-electron chi connectivity index (χ1n) is 9.04. The summed E-state index contributed by atoms with van der Waals surface area (Å²) >= 11 is 0. The molecule has 1 aliphatic carbocycles. The molecule has 136 valence electrons. The number of benzene rings is 1. The SMILES string of the molecule is Cc1noc(C)c1CCC(=O)N[C@@H]1CCCc2c1[nH]c1ccc(F)cc21. The number of amides is 1. The number of nitrogens with zero attached hydrogens (tertiary/aromatic N) is 1. The Morgan fingerprint density at radius 1 is 1.42 bits per heavy atom. The third-order valence-electron chi connectivity index (χ3n) is 5.29. The topological polar surface area (TPSA) is 70.9 Å². The minimum Gasteiger partial charge on any atom is -0.361 e. The average molecular weight is 355 g/mol. The molecule has 0 spiro atoms. The Kier molecular flexibility index (Phi) is 4.26. The van der Waals surface area contributed by atoms with Gasteiger partial charge in [0, 0.05) is 28.6 Å². The van der Waals surface area contributed by atoms with Gasteiger partial charge in [0.25, 0.3) is 0 Å². The molecule has 1 atom stereocenters. The second-order valence-electron chi connectivity index (χ2n) is 7.02. The zero-order chi connectivity index (χ0) is 18.3. The largest absolute Gasteiger partial charge is 0.361 e. The van der Waals surface area contributed by atoms with Gasteiger partial charge in [-0.15, -0.1) is 0 Å². The van der Waals surface area contributed by atoms with Crippen LogP contribution in [0, 0.1) is 19.7 Å². The molecule has 26 heavy (non-hydrogen) atoms. The van der Waals surface area contributed by atoms with Crippen molar-refractivity contribution in [2.45, 2.75) is 52.0 Å². The summed E-state index contributed by atoms with van der Waals surface area (Å²) in [5, 5.41) is 7.99. The molecule has 6 heteroatoms. The molecule has 1 amide bonds.